The first-order chi connectivity index (χ1) is 12.3. The number of ether oxygens (including phenoxy) is 1. The number of nitrogens with zero attached hydrogens (tertiary/aromatic N) is 1. The third-order valence-electron chi connectivity index (χ3n) is 4.61. The van der Waals surface area contributed by atoms with Crippen molar-refractivity contribution >= 4 is 17.1 Å². The fourth-order valence-corrected chi connectivity index (χ4v) is 4.44. The molecule has 1 atom stereocenters. The smallest absolute Gasteiger partial charge is 0.338 e. The molecule has 0 saturated carbocycles. The van der Waals surface area contributed by atoms with Crippen LogP contribution in [0.15, 0.2) is 46.2 Å². The van der Waals surface area contributed by atoms with Crippen molar-refractivity contribution in [2.24, 2.45) is 0 Å². The molecule has 6 nitrogen and oxygen atoms in total. The summed E-state index contributed by atoms with van der Waals surface area (Å²) in [4.78, 5) is 24.7. The van der Waals surface area contributed by atoms with Gasteiger partial charge in [0.1, 0.15) is 0 Å². The molecule has 136 valence electrons. The highest BCUT2D eigenvalue weighted by molar-refractivity contribution is 7.91. The molecule has 0 N–H and O–H groups in total. The number of hydrogen-bond acceptors (Lipinski definition) is 5. The summed E-state index contributed by atoms with van der Waals surface area (Å²) < 4.78 is 18.2. The van der Waals surface area contributed by atoms with E-state index < -0.39 is 27.6 Å². The summed E-state index contributed by atoms with van der Waals surface area (Å²) in [6.07, 6.45) is 0.435. The maximum Gasteiger partial charge on any atom is 0.338 e. The molecule has 26 heavy (non-hydrogen) atoms. The zero-order chi connectivity index (χ0) is 19.1. The summed E-state index contributed by atoms with van der Waals surface area (Å²) in [5.74, 6) is -0.555. The molecule has 0 fully saturated rings. The van der Waals surface area contributed by atoms with Gasteiger partial charge < -0.3 is 9.29 Å². The first-order valence-corrected chi connectivity index (χ1v) is 9.41. The summed E-state index contributed by atoms with van der Waals surface area (Å²) in [7, 11) is 0. The number of carbonyl (C=O) groups is 1. The maximum absolute atomic E-state index is 13.1. The molecule has 0 aliphatic carbocycles. The highest BCUT2D eigenvalue weighted by Crippen LogP contribution is 2.39. The molecular weight excluding hydrogens is 354 g/mol. The molecule has 3 rings (SSSR count). The van der Waals surface area contributed by atoms with E-state index in [2.05, 4.69) is 0 Å². The van der Waals surface area contributed by atoms with Gasteiger partial charge in [0, 0.05) is 59.1 Å². The minimum absolute atomic E-state index is 0.191. The number of benzene rings is 2. The van der Waals surface area contributed by atoms with Crippen LogP contribution in [-0.4, -0.2) is 22.1 Å². The van der Waals surface area contributed by atoms with Crippen molar-refractivity contribution < 1.29 is 19.0 Å². The molecule has 7 heteroatoms. The van der Waals surface area contributed by atoms with Crippen molar-refractivity contribution in [2.75, 3.05) is 6.61 Å². The molecule has 1 aliphatic heterocycles. The van der Waals surface area contributed by atoms with Crippen LogP contribution in [0.1, 0.15) is 47.8 Å². The summed E-state index contributed by atoms with van der Waals surface area (Å²) in [5, 5.41) is 11.5. The normalized spacial score (nSPS) is 15.8. The Balaban J connectivity index is 2.24. The number of rotatable bonds is 4. The van der Waals surface area contributed by atoms with Crippen molar-refractivity contribution in [1.82, 2.24) is 0 Å². The minimum Gasteiger partial charge on any atom is -0.606 e. The number of hydrogen-bond donors (Lipinski definition) is 0. The predicted molar refractivity (Wildman–Crippen MR) is 96.3 cm³/mol. The van der Waals surface area contributed by atoms with E-state index in [1.807, 2.05) is 12.1 Å². The Morgan fingerprint density at radius 3 is 2.62 bits per heavy atom. The molecule has 1 heterocycles. The predicted octanol–water partition coefficient (Wildman–Crippen LogP) is 3.45. The molecular formula is C19H19NO5S. The van der Waals surface area contributed by atoms with Crippen molar-refractivity contribution in [3.63, 3.8) is 0 Å². The fraction of sp³-hybridized carbons (Fsp3) is 0.316. The number of carbonyl (C=O) groups excluding carboxylic acids is 1. The van der Waals surface area contributed by atoms with E-state index >= 15 is 0 Å². The average Bonchev–Trinajstić information content (AvgIpc) is 2.61. The van der Waals surface area contributed by atoms with Crippen molar-refractivity contribution in [3.8, 4) is 0 Å². The van der Waals surface area contributed by atoms with Crippen LogP contribution in [0.2, 0.25) is 0 Å². The minimum atomic E-state index is -1.51. The lowest BCUT2D eigenvalue weighted by atomic mass is 9.89. The second kappa shape index (κ2) is 6.74. The molecule has 0 aromatic heterocycles. The van der Waals surface area contributed by atoms with Gasteiger partial charge in [-0.05, 0) is 19.1 Å². The van der Waals surface area contributed by atoms with E-state index in [1.54, 1.807) is 25.1 Å². The van der Waals surface area contributed by atoms with Crippen molar-refractivity contribution in [2.45, 2.75) is 42.5 Å². The summed E-state index contributed by atoms with van der Waals surface area (Å²) >= 11 is -1.51. The molecule has 2 aromatic rings. The second-order valence-electron chi connectivity index (χ2n) is 6.59. The van der Waals surface area contributed by atoms with Gasteiger partial charge in [0.05, 0.1) is 12.2 Å². The molecule has 0 radical (unpaired) electrons. The van der Waals surface area contributed by atoms with Gasteiger partial charge in [-0.1, -0.05) is 18.2 Å². The summed E-state index contributed by atoms with van der Waals surface area (Å²) in [6.45, 7) is 4.81. The van der Waals surface area contributed by atoms with Gasteiger partial charge in [-0.25, -0.2) is 4.79 Å². The zero-order valence-electron chi connectivity index (χ0n) is 14.8. The quantitative estimate of drug-likeness (QED) is 0.354. The van der Waals surface area contributed by atoms with Crippen molar-refractivity contribution in [1.29, 1.82) is 0 Å². The lowest BCUT2D eigenvalue weighted by molar-refractivity contribution is -0.569. The Hall–Kier alpha value is -2.38. The summed E-state index contributed by atoms with van der Waals surface area (Å²) in [6, 6.07) is 10.4. The second-order valence-corrected chi connectivity index (χ2v) is 8.01. The third-order valence-corrected chi connectivity index (χ3v) is 6.17. The molecule has 0 amide bonds. The van der Waals surface area contributed by atoms with Crippen LogP contribution in [0.3, 0.4) is 0 Å². The largest absolute Gasteiger partial charge is 0.606 e. The van der Waals surface area contributed by atoms with E-state index in [1.165, 1.54) is 19.9 Å². The topological polar surface area (TPSA) is 92.5 Å². The van der Waals surface area contributed by atoms with Crippen LogP contribution in [0.5, 0.6) is 0 Å². The van der Waals surface area contributed by atoms with E-state index in [4.69, 9.17) is 4.74 Å². The highest BCUT2D eigenvalue weighted by atomic mass is 32.2. The Morgan fingerprint density at radius 1 is 1.27 bits per heavy atom. The molecule has 2 aromatic carbocycles. The summed E-state index contributed by atoms with van der Waals surface area (Å²) in [5.41, 5.74) is 0.653. The average molecular weight is 373 g/mol. The van der Waals surface area contributed by atoms with Crippen LogP contribution in [0.25, 0.3) is 0 Å². The van der Waals surface area contributed by atoms with Gasteiger partial charge in [0.15, 0.2) is 9.79 Å². The molecule has 0 bridgehead atoms. The van der Waals surface area contributed by atoms with Crippen molar-refractivity contribution in [3.05, 3.63) is 68.8 Å². The maximum atomic E-state index is 13.1. The van der Waals surface area contributed by atoms with Crippen LogP contribution in [0.4, 0.5) is 0 Å². The Labute approximate surface area is 154 Å². The van der Waals surface area contributed by atoms with Gasteiger partial charge >= 0.3 is 5.97 Å². The number of esters is 1. The Kier molecular flexibility index (Phi) is 4.77. The van der Waals surface area contributed by atoms with Gasteiger partial charge in [0.2, 0.25) is 5.54 Å². The van der Waals surface area contributed by atoms with Crippen LogP contribution < -0.4 is 0 Å². The SMILES string of the molecule is CCOC(=O)c1cc(C(C)(C)[N+](=O)[O-])cc2c1Cc1ccccc1[S+]2[O-]. The highest BCUT2D eigenvalue weighted by Gasteiger charge is 2.39. The first-order valence-electron chi connectivity index (χ1n) is 8.26. The van der Waals surface area contributed by atoms with E-state index in [0.29, 0.717) is 27.3 Å². The first kappa shape index (κ1) is 18.4. The molecule has 1 aliphatic rings. The van der Waals surface area contributed by atoms with Crippen LogP contribution in [0, 0.1) is 10.1 Å². The standard InChI is InChI=1S/C19H19NO5S/c1-4-25-18(21)15-10-13(19(2,3)20(22)23)11-17-14(15)9-12-7-5-6-8-16(12)26(17)24/h5-8,10-11H,4,9H2,1-3H3. The van der Waals surface area contributed by atoms with Gasteiger partial charge in [-0.3, -0.25) is 10.1 Å². The van der Waals surface area contributed by atoms with Crippen LogP contribution in [-0.2, 0) is 27.9 Å². The van der Waals surface area contributed by atoms with Crippen LogP contribution >= 0.6 is 0 Å². The number of nitro groups is 1. The van der Waals surface area contributed by atoms with E-state index in [-0.39, 0.29) is 12.2 Å². The monoisotopic (exact) mass is 373 g/mol. The van der Waals surface area contributed by atoms with Gasteiger partial charge in [-0.2, -0.15) is 0 Å². The van der Waals surface area contributed by atoms with E-state index in [0.717, 1.165) is 5.56 Å². The fourth-order valence-electron chi connectivity index (χ4n) is 2.98. The zero-order valence-corrected chi connectivity index (χ0v) is 15.6. The van der Waals surface area contributed by atoms with Gasteiger partial charge in [-0.15, -0.1) is 0 Å². The van der Waals surface area contributed by atoms with Gasteiger partial charge in [0.25, 0.3) is 0 Å². The molecule has 0 saturated heterocycles. The number of fused-ring (bicyclic) bond motifs is 2. The molecule has 0 spiro atoms. The Bertz CT molecular complexity index is 893. The lowest BCUT2D eigenvalue weighted by Gasteiger charge is -2.25. The molecule has 1 unspecified atom stereocenters. The lowest BCUT2D eigenvalue weighted by Crippen LogP contribution is -2.30. The van der Waals surface area contributed by atoms with E-state index in [9.17, 15) is 19.5 Å². The third kappa shape index (κ3) is 2.97. The Morgan fingerprint density at radius 2 is 1.96 bits per heavy atom.